The molecule has 2 aromatic heterocycles. The molecule has 2 heterocycles. The lowest BCUT2D eigenvalue weighted by Gasteiger charge is -2.19. The molecule has 1 aromatic carbocycles. The van der Waals surface area contributed by atoms with Crippen LogP contribution in [0.2, 0.25) is 0 Å². The van der Waals surface area contributed by atoms with Crippen molar-refractivity contribution in [2.24, 2.45) is 0 Å². The largest absolute Gasteiger partial charge is 0.437 e. The molecule has 0 fully saturated rings. The Morgan fingerprint density at radius 1 is 1.10 bits per heavy atom. The maximum absolute atomic E-state index is 5.98. The minimum Gasteiger partial charge on any atom is -0.437 e. The lowest BCUT2D eigenvalue weighted by atomic mass is 10.1. The second kappa shape index (κ2) is 4.73. The first-order valence-electron chi connectivity index (χ1n) is 6.69. The molecule has 3 rings (SSSR count). The molecular weight excluding hydrogens is 266 g/mol. The van der Waals surface area contributed by atoms with Crippen molar-refractivity contribution >= 4 is 16.9 Å². The molecule has 21 heavy (non-hydrogen) atoms. The first kappa shape index (κ1) is 13.4. The van der Waals surface area contributed by atoms with Crippen molar-refractivity contribution in [3.05, 3.63) is 36.7 Å². The molecule has 0 unspecified atom stereocenters. The zero-order valence-electron chi connectivity index (χ0n) is 12.2. The maximum Gasteiger partial charge on any atom is 0.251 e. The van der Waals surface area contributed by atoms with Crippen molar-refractivity contribution in [3.63, 3.8) is 0 Å². The number of rotatable bonds is 2. The van der Waals surface area contributed by atoms with Gasteiger partial charge in [-0.05, 0) is 32.9 Å². The van der Waals surface area contributed by atoms with Crippen LogP contribution in [-0.4, -0.2) is 19.7 Å². The average molecular weight is 283 g/mol. The van der Waals surface area contributed by atoms with Gasteiger partial charge < -0.3 is 10.5 Å². The molecule has 0 saturated heterocycles. The average Bonchev–Trinajstić information content (AvgIpc) is 2.80. The number of nitrogens with two attached hydrogens (primary N) is 1. The second-order valence-electron chi connectivity index (χ2n) is 5.76. The van der Waals surface area contributed by atoms with Crippen molar-refractivity contribution in [1.82, 2.24) is 19.7 Å². The van der Waals surface area contributed by atoms with Gasteiger partial charge in [0.15, 0.2) is 5.65 Å². The number of fused-ring (bicyclic) bond motifs is 1. The number of ether oxygens (including phenoxy) is 1. The monoisotopic (exact) mass is 283 g/mol. The van der Waals surface area contributed by atoms with E-state index in [0.717, 1.165) is 0 Å². The molecule has 0 spiro atoms. The number of para-hydroxylation sites is 1. The summed E-state index contributed by atoms with van der Waals surface area (Å²) in [5, 5.41) is 5.16. The predicted molar refractivity (Wildman–Crippen MR) is 81.2 cm³/mol. The number of nitrogen functional groups attached to an aromatic ring is 1. The van der Waals surface area contributed by atoms with Gasteiger partial charge in [-0.3, -0.25) is 0 Å². The highest BCUT2D eigenvalue weighted by atomic mass is 16.5. The highest BCUT2D eigenvalue weighted by Gasteiger charge is 2.24. The highest BCUT2D eigenvalue weighted by molar-refractivity contribution is 5.91. The lowest BCUT2D eigenvalue weighted by molar-refractivity contribution is 0.349. The minimum absolute atomic E-state index is 0.239. The van der Waals surface area contributed by atoms with Gasteiger partial charge in [0.05, 0.1) is 5.54 Å². The number of hydrogen-bond donors (Lipinski definition) is 1. The Labute approximate surface area is 122 Å². The van der Waals surface area contributed by atoms with Crippen LogP contribution in [0.1, 0.15) is 20.8 Å². The highest BCUT2D eigenvalue weighted by Crippen LogP contribution is 2.33. The van der Waals surface area contributed by atoms with Crippen LogP contribution >= 0.6 is 0 Å². The summed E-state index contributed by atoms with van der Waals surface area (Å²) in [5.74, 6) is 1.48. The molecule has 0 aliphatic rings. The van der Waals surface area contributed by atoms with Gasteiger partial charge in [0.25, 0.3) is 5.88 Å². The van der Waals surface area contributed by atoms with E-state index in [1.54, 1.807) is 4.68 Å². The summed E-state index contributed by atoms with van der Waals surface area (Å²) >= 11 is 0. The van der Waals surface area contributed by atoms with Gasteiger partial charge in [0, 0.05) is 0 Å². The van der Waals surface area contributed by atoms with Gasteiger partial charge in [-0.15, -0.1) is 5.10 Å². The van der Waals surface area contributed by atoms with E-state index in [4.69, 9.17) is 10.5 Å². The van der Waals surface area contributed by atoms with Gasteiger partial charge in [0.2, 0.25) is 0 Å². The van der Waals surface area contributed by atoms with Crippen LogP contribution in [0.3, 0.4) is 0 Å². The van der Waals surface area contributed by atoms with E-state index >= 15 is 0 Å². The molecule has 108 valence electrons. The Bertz CT molecular complexity index is 774. The van der Waals surface area contributed by atoms with Crippen LogP contribution in [0.25, 0.3) is 11.0 Å². The van der Waals surface area contributed by atoms with Crippen LogP contribution in [0.15, 0.2) is 36.7 Å². The summed E-state index contributed by atoms with van der Waals surface area (Å²) in [4.78, 5) is 8.34. The van der Waals surface area contributed by atoms with E-state index in [1.807, 2.05) is 51.1 Å². The molecule has 0 aliphatic heterocycles. The third-order valence-electron chi connectivity index (χ3n) is 3.06. The van der Waals surface area contributed by atoms with Crippen molar-refractivity contribution in [2.75, 3.05) is 5.73 Å². The SMILES string of the molecule is CC(C)(C)n1nc(Oc2ccccc2)c2c(N)ncnc21. The first-order chi connectivity index (χ1) is 9.97. The molecule has 6 heteroatoms. The topological polar surface area (TPSA) is 78.9 Å². The van der Waals surface area contributed by atoms with Crippen LogP contribution in [0.4, 0.5) is 5.82 Å². The summed E-state index contributed by atoms with van der Waals surface area (Å²) < 4.78 is 7.66. The molecule has 0 amide bonds. The number of nitrogens with zero attached hydrogens (tertiary/aromatic N) is 4. The Balaban J connectivity index is 2.19. The van der Waals surface area contributed by atoms with Gasteiger partial charge in [-0.25, -0.2) is 14.6 Å². The Morgan fingerprint density at radius 3 is 2.48 bits per heavy atom. The molecule has 0 saturated carbocycles. The second-order valence-corrected chi connectivity index (χ2v) is 5.76. The summed E-state index contributed by atoms with van der Waals surface area (Å²) in [6.45, 7) is 6.14. The van der Waals surface area contributed by atoms with Crippen molar-refractivity contribution < 1.29 is 4.74 Å². The fourth-order valence-corrected chi connectivity index (χ4v) is 2.08. The molecule has 2 N–H and O–H groups in total. The third kappa shape index (κ3) is 2.40. The van der Waals surface area contributed by atoms with E-state index in [-0.39, 0.29) is 5.54 Å². The molecule has 3 aromatic rings. The molecular formula is C15H17N5O. The Kier molecular flexibility index (Phi) is 3.01. The summed E-state index contributed by atoms with van der Waals surface area (Å²) in [7, 11) is 0. The van der Waals surface area contributed by atoms with E-state index in [1.165, 1.54) is 6.33 Å². The van der Waals surface area contributed by atoms with Crippen LogP contribution in [-0.2, 0) is 5.54 Å². The molecule has 0 radical (unpaired) electrons. The van der Waals surface area contributed by atoms with E-state index in [9.17, 15) is 0 Å². The first-order valence-corrected chi connectivity index (χ1v) is 6.69. The quantitative estimate of drug-likeness (QED) is 0.782. The number of benzene rings is 1. The van der Waals surface area contributed by atoms with Crippen LogP contribution in [0, 0.1) is 0 Å². The van der Waals surface area contributed by atoms with Gasteiger partial charge >= 0.3 is 0 Å². The number of aromatic nitrogens is 4. The standard InChI is InChI=1S/C15H17N5O/c1-15(2,3)20-13-11(12(16)17-9-18-13)14(19-20)21-10-7-5-4-6-8-10/h4-9H,1-3H3,(H2,16,17,18). The van der Waals surface area contributed by atoms with Gasteiger partial charge in [-0.2, -0.15) is 0 Å². The van der Waals surface area contributed by atoms with Gasteiger partial charge in [0.1, 0.15) is 23.3 Å². The van der Waals surface area contributed by atoms with Gasteiger partial charge in [-0.1, -0.05) is 18.2 Å². The van der Waals surface area contributed by atoms with E-state index in [0.29, 0.717) is 28.5 Å². The lowest BCUT2D eigenvalue weighted by Crippen LogP contribution is -2.23. The normalized spacial score (nSPS) is 11.8. The van der Waals surface area contributed by atoms with Crippen LogP contribution in [0.5, 0.6) is 11.6 Å². The van der Waals surface area contributed by atoms with Crippen LogP contribution < -0.4 is 10.5 Å². The minimum atomic E-state index is -0.239. The van der Waals surface area contributed by atoms with Crippen molar-refractivity contribution in [2.45, 2.75) is 26.3 Å². The number of anilines is 1. The molecule has 0 atom stereocenters. The summed E-state index contributed by atoms with van der Waals surface area (Å²) in [5.41, 5.74) is 6.41. The summed E-state index contributed by atoms with van der Waals surface area (Å²) in [6, 6.07) is 9.45. The van der Waals surface area contributed by atoms with E-state index < -0.39 is 0 Å². The van der Waals surface area contributed by atoms with Crippen molar-refractivity contribution in [1.29, 1.82) is 0 Å². The predicted octanol–water partition coefficient (Wildman–Crippen LogP) is 2.96. The molecule has 6 nitrogen and oxygen atoms in total. The number of hydrogen-bond acceptors (Lipinski definition) is 5. The van der Waals surface area contributed by atoms with Crippen molar-refractivity contribution in [3.8, 4) is 11.6 Å². The summed E-state index contributed by atoms with van der Waals surface area (Å²) in [6.07, 6.45) is 1.44. The Hall–Kier alpha value is -2.63. The van der Waals surface area contributed by atoms with E-state index in [2.05, 4.69) is 15.1 Å². The fraction of sp³-hybridized carbons (Fsp3) is 0.267. The maximum atomic E-state index is 5.98. The zero-order valence-corrected chi connectivity index (χ0v) is 12.2. The smallest absolute Gasteiger partial charge is 0.251 e. The Morgan fingerprint density at radius 2 is 1.81 bits per heavy atom. The third-order valence-corrected chi connectivity index (χ3v) is 3.06. The molecule has 0 bridgehead atoms. The fourth-order valence-electron chi connectivity index (χ4n) is 2.08. The zero-order chi connectivity index (χ0) is 15.0. The molecule has 0 aliphatic carbocycles.